The summed E-state index contributed by atoms with van der Waals surface area (Å²) in [5.41, 5.74) is 2.67. The minimum absolute atomic E-state index is 0.0295. The molecule has 4 aromatic rings. The molecule has 1 saturated carbocycles. The van der Waals surface area contributed by atoms with Gasteiger partial charge in [0.05, 0.1) is 30.3 Å². The van der Waals surface area contributed by atoms with E-state index in [0.29, 0.717) is 27.9 Å². The lowest BCUT2D eigenvalue weighted by atomic mass is 9.73. The Morgan fingerprint density at radius 2 is 1.24 bits per heavy atom. The smallest absolute Gasteiger partial charge is 0.335 e. The number of rotatable bonds is 15. The van der Waals surface area contributed by atoms with Gasteiger partial charge in [-0.15, -0.1) is 0 Å². The van der Waals surface area contributed by atoms with Crippen LogP contribution in [-0.2, 0) is 28.6 Å². The highest BCUT2D eigenvalue weighted by Gasteiger charge is 2.53. The van der Waals surface area contributed by atoms with Crippen LogP contribution < -0.4 is 9.64 Å². The normalized spacial score (nSPS) is 34.9. The second-order valence-electron chi connectivity index (χ2n) is 18.1. The van der Waals surface area contributed by atoms with Gasteiger partial charge in [0, 0.05) is 29.7 Å². The molecule has 3 aliphatic heterocycles. The molecule has 0 aromatic heterocycles. The second kappa shape index (κ2) is 21.1. The maximum atomic E-state index is 14.4. The summed E-state index contributed by atoms with van der Waals surface area (Å²) < 4.78 is 37.5. The molecule has 1 amide bonds. The highest BCUT2D eigenvalue weighted by Crippen LogP contribution is 2.50. The number of carboxylic acids is 2. The van der Waals surface area contributed by atoms with E-state index >= 15 is 0 Å². The van der Waals surface area contributed by atoms with Gasteiger partial charge in [-0.3, -0.25) is 4.79 Å². The number of carbonyl (C=O) groups is 3. The predicted octanol–water partition coefficient (Wildman–Crippen LogP) is 0.0766. The van der Waals surface area contributed by atoms with Gasteiger partial charge in [0.25, 0.3) is 0 Å². The van der Waals surface area contributed by atoms with Gasteiger partial charge in [0.15, 0.2) is 18.5 Å². The van der Waals surface area contributed by atoms with Crippen LogP contribution in [0.25, 0.3) is 11.1 Å². The molecule has 18 atom stereocenters. The van der Waals surface area contributed by atoms with Gasteiger partial charge in [0.1, 0.15) is 54.3 Å². The van der Waals surface area contributed by atoms with E-state index in [0.717, 1.165) is 12.1 Å². The Hall–Kier alpha value is -5.50. The van der Waals surface area contributed by atoms with Crippen molar-refractivity contribution < 1.29 is 99.0 Å². The van der Waals surface area contributed by atoms with Crippen molar-refractivity contribution in [1.82, 2.24) is 0 Å². The van der Waals surface area contributed by atoms with Crippen LogP contribution in [0.3, 0.4) is 0 Å². The van der Waals surface area contributed by atoms with Crippen LogP contribution in [0.2, 0.25) is 0 Å². The number of hydrogen-bond donors (Lipinski definition) is 12. The molecule has 376 valence electrons. The number of carbonyl (C=O) groups excluding carboxylic acids is 1. The van der Waals surface area contributed by atoms with Gasteiger partial charge in [-0.25, -0.2) is 14.0 Å². The fourth-order valence-electron chi connectivity index (χ4n) is 9.81. The number of carboxylic acid groups (broad SMARTS) is 2. The van der Waals surface area contributed by atoms with E-state index in [-0.39, 0.29) is 30.6 Å². The highest BCUT2D eigenvalue weighted by molar-refractivity contribution is 6.03. The van der Waals surface area contributed by atoms with Crippen molar-refractivity contribution in [3.05, 3.63) is 120 Å². The molecule has 20 nitrogen and oxygen atoms in total. The number of aliphatic hydroxyl groups excluding tert-OH is 10. The topological polar surface area (TPSA) is 334 Å². The standard InChI is InChI=1S/C49H54FNO19/c50-26-13-10-23(11-14-26)31(67-48-41(60)37(56)39(58)43(69-48)46(63)64)17-16-29-33(51(45(29)62)27-4-2-1-3-5-27)28-15-12-24(19-32(28)68-49-42(61)38(57)40(59)44(70-49)47(65)66)21-6-8-22(9-7-21)30-18-25(20-52)34(53)36(55)35(30)54/h1-15,19,25,29-31,33-44,48-49,52-61H,16-18,20H2,(H,63,64)(H,65,66)/t25-,29-,30?,31+,33-,34-,35+,36+,37+,38+,39-,40-,41?,42?,43?,44?,48-,49-/m1/s1. The number of benzene rings is 4. The van der Waals surface area contributed by atoms with Crippen LogP contribution in [0.1, 0.15) is 54.0 Å². The number of halogens is 1. The van der Waals surface area contributed by atoms with E-state index in [1.54, 1.807) is 66.7 Å². The van der Waals surface area contributed by atoms with Gasteiger partial charge in [-0.1, -0.05) is 66.7 Å². The first kappa shape index (κ1) is 50.9. The number of ether oxygens (including phenoxy) is 4. The molecule has 1 aliphatic carbocycles. The van der Waals surface area contributed by atoms with Crippen LogP contribution >= 0.6 is 0 Å². The van der Waals surface area contributed by atoms with Crippen molar-refractivity contribution in [2.75, 3.05) is 11.5 Å². The van der Waals surface area contributed by atoms with Crippen LogP contribution in [0.5, 0.6) is 5.75 Å². The van der Waals surface area contributed by atoms with Crippen molar-refractivity contribution in [3.63, 3.8) is 0 Å². The van der Waals surface area contributed by atoms with Gasteiger partial charge in [-0.05, 0) is 71.8 Å². The van der Waals surface area contributed by atoms with E-state index in [1.807, 2.05) is 0 Å². The number of para-hydroxylation sites is 1. The number of hydrogen-bond acceptors (Lipinski definition) is 17. The zero-order chi connectivity index (χ0) is 50.3. The van der Waals surface area contributed by atoms with E-state index in [4.69, 9.17) is 18.9 Å². The van der Waals surface area contributed by atoms with E-state index < -0.39 is 140 Å². The molecule has 8 rings (SSSR count). The molecule has 5 unspecified atom stereocenters. The Morgan fingerprint density at radius 1 is 0.671 bits per heavy atom. The summed E-state index contributed by atoms with van der Waals surface area (Å²) in [4.78, 5) is 39.9. The molecule has 4 aliphatic rings. The van der Waals surface area contributed by atoms with Crippen LogP contribution in [-0.4, -0.2) is 165 Å². The second-order valence-corrected chi connectivity index (χ2v) is 18.1. The fraction of sp³-hybridized carbons (Fsp3) is 0.449. The lowest BCUT2D eigenvalue weighted by Gasteiger charge is -2.48. The molecular formula is C49H54FNO19. The Balaban J connectivity index is 1.16. The summed E-state index contributed by atoms with van der Waals surface area (Å²) in [7, 11) is 0. The lowest BCUT2D eigenvalue weighted by molar-refractivity contribution is -0.306. The van der Waals surface area contributed by atoms with Gasteiger partial charge in [0.2, 0.25) is 12.2 Å². The molecule has 4 fully saturated rings. The zero-order valence-electron chi connectivity index (χ0n) is 37.0. The molecule has 12 N–H and O–H groups in total. The third-order valence-corrected chi connectivity index (χ3v) is 13.8. The summed E-state index contributed by atoms with van der Waals surface area (Å²) in [5.74, 6) is -6.66. The average Bonchev–Trinajstić information content (AvgIpc) is 3.35. The first-order chi connectivity index (χ1) is 33.4. The maximum Gasteiger partial charge on any atom is 0.335 e. The predicted molar refractivity (Wildman–Crippen MR) is 237 cm³/mol. The molecule has 21 heteroatoms. The largest absolute Gasteiger partial charge is 0.479 e. The maximum absolute atomic E-state index is 14.4. The quantitative estimate of drug-likeness (QED) is 0.0702. The molecule has 3 saturated heterocycles. The third kappa shape index (κ3) is 9.90. The summed E-state index contributed by atoms with van der Waals surface area (Å²) in [6, 6.07) is 24.2. The van der Waals surface area contributed by atoms with Crippen molar-refractivity contribution in [2.45, 2.75) is 117 Å². The SMILES string of the molecule is O=C(O)C1O[C@@H](Oc2cc(-c3ccc(C4C[C@H](CO)[C@@H](O)[C@H](O)[C@H]4O)cc3)ccc2[C@@H]2[C@@H](CC[C@H](O[C@@H]3OC(C(=O)O)[C@H](O)[C@H](O)C3O)c3ccc(F)cc3)C(=O)N2c2ccccc2)C(O)[C@@H](O)[C@H]1O. The van der Waals surface area contributed by atoms with Gasteiger partial charge in [-0.2, -0.15) is 0 Å². The summed E-state index contributed by atoms with van der Waals surface area (Å²) in [6.07, 6.45) is -25.0. The van der Waals surface area contributed by atoms with Crippen molar-refractivity contribution in [2.24, 2.45) is 11.8 Å². The van der Waals surface area contributed by atoms with Crippen molar-refractivity contribution in [1.29, 1.82) is 0 Å². The number of anilines is 1. The first-order valence-electron chi connectivity index (χ1n) is 22.6. The van der Waals surface area contributed by atoms with Crippen LogP contribution in [0.15, 0.2) is 97.1 Å². The Morgan fingerprint density at radius 3 is 1.84 bits per heavy atom. The number of amides is 1. The monoisotopic (exact) mass is 979 g/mol. The average molecular weight is 980 g/mol. The molecule has 4 aromatic carbocycles. The van der Waals surface area contributed by atoms with Crippen LogP contribution in [0.4, 0.5) is 10.1 Å². The molecule has 0 radical (unpaired) electrons. The minimum atomic E-state index is -2.04. The summed E-state index contributed by atoms with van der Waals surface area (Å²) in [6.45, 7) is -0.416. The Labute approximate surface area is 398 Å². The Bertz CT molecular complexity index is 2470. The summed E-state index contributed by atoms with van der Waals surface area (Å²) >= 11 is 0. The fourth-order valence-corrected chi connectivity index (χ4v) is 9.81. The molecule has 0 bridgehead atoms. The van der Waals surface area contributed by atoms with E-state index in [2.05, 4.69) is 0 Å². The van der Waals surface area contributed by atoms with Crippen molar-refractivity contribution >= 4 is 23.5 Å². The van der Waals surface area contributed by atoms with Gasteiger partial charge >= 0.3 is 11.9 Å². The number of aliphatic hydroxyl groups is 10. The summed E-state index contributed by atoms with van der Waals surface area (Å²) in [5, 5.41) is 125. The third-order valence-electron chi connectivity index (χ3n) is 13.8. The van der Waals surface area contributed by atoms with Gasteiger partial charge < -0.3 is 85.1 Å². The number of β-lactam (4-membered cyclic amide) rings is 1. The minimum Gasteiger partial charge on any atom is -0.479 e. The first-order valence-corrected chi connectivity index (χ1v) is 22.6. The Kier molecular flexibility index (Phi) is 15.3. The van der Waals surface area contributed by atoms with E-state index in [9.17, 15) is 80.1 Å². The van der Waals surface area contributed by atoms with Crippen molar-refractivity contribution in [3.8, 4) is 16.9 Å². The zero-order valence-corrected chi connectivity index (χ0v) is 37.0. The lowest BCUT2D eigenvalue weighted by Crippen LogP contribution is -2.61. The molecular weight excluding hydrogens is 926 g/mol. The molecule has 3 heterocycles. The molecule has 70 heavy (non-hydrogen) atoms. The van der Waals surface area contributed by atoms with E-state index in [1.165, 1.54) is 23.1 Å². The number of aliphatic carboxylic acids is 2. The van der Waals surface area contributed by atoms with Crippen LogP contribution in [0, 0.1) is 17.7 Å². The number of nitrogens with zero attached hydrogens (tertiary/aromatic N) is 1. The highest BCUT2D eigenvalue weighted by atomic mass is 19.1. The molecule has 0 spiro atoms.